The molecule has 0 aromatic heterocycles. The van der Waals surface area contributed by atoms with E-state index in [0.29, 0.717) is 0 Å². The van der Waals surface area contributed by atoms with Crippen molar-refractivity contribution in [2.45, 2.75) is 46.1 Å². The topological polar surface area (TPSA) is 104 Å². The number of carbonyl (C=O) groups excluding carboxylic acids is 1. The van der Waals surface area contributed by atoms with E-state index in [-0.39, 0.29) is 25.2 Å². The van der Waals surface area contributed by atoms with Gasteiger partial charge in [-0.2, -0.15) is 0 Å². The Hall–Kier alpha value is -1.59. The lowest BCUT2D eigenvalue weighted by Gasteiger charge is -2.21. The number of hydrogen-bond acceptors (Lipinski definition) is 3. The van der Waals surface area contributed by atoms with Gasteiger partial charge in [0.15, 0.2) is 0 Å². The molecule has 3 N–H and O–H groups in total. The summed E-state index contributed by atoms with van der Waals surface area (Å²) >= 11 is 0. The van der Waals surface area contributed by atoms with E-state index < -0.39 is 23.4 Å². The van der Waals surface area contributed by atoms with Crippen molar-refractivity contribution < 1.29 is 24.6 Å². The first-order valence-corrected chi connectivity index (χ1v) is 5.40. The minimum atomic E-state index is -1.15. The van der Waals surface area contributed by atoms with Crippen molar-refractivity contribution in [1.82, 2.24) is 5.32 Å². The number of carboxylic acids is 2. The van der Waals surface area contributed by atoms with Gasteiger partial charge in [0.1, 0.15) is 6.04 Å². The summed E-state index contributed by atoms with van der Waals surface area (Å²) in [6.07, 6.45) is 0.231. The van der Waals surface area contributed by atoms with E-state index in [1.807, 2.05) is 0 Å². The van der Waals surface area contributed by atoms with E-state index in [4.69, 9.17) is 10.2 Å². The van der Waals surface area contributed by atoms with Crippen LogP contribution in [0, 0.1) is 5.41 Å². The zero-order valence-electron chi connectivity index (χ0n) is 10.3. The van der Waals surface area contributed by atoms with Gasteiger partial charge in [0, 0.05) is 11.8 Å². The van der Waals surface area contributed by atoms with Gasteiger partial charge in [0.2, 0.25) is 5.91 Å². The van der Waals surface area contributed by atoms with Crippen molar-refractivity contribution in [3.8, 4) is 0 Å². The largest absolute Gasteiger partial charge is 0.481 e. The lowest BCUT2D eigenvalue weighted by Crippen LogP contribution is -2.45. The molecule has 0 aliphatic rings. The Morgan fingerprint density at radius 3 is 2.06 bits per heavy atom. The minimum absolute atomic E-state index is 0.102. The average molecular weight is 245 g/mol. The highest BCUT2D eigenvalue weighted by Gasteiger charge is 2.27. The molecule has 0 radical (unpaired) electrons. The first-order chi connectivity index (χ1) is 7.64. The second-order valence-corrected chi connectivity index (χ2v) is 4.90. The Morgan fingerprint density at radius 2 is 1.71 bits per heavy atom. The molecule has 0 saturated heterocycles. The highest BCUT2D eigenvalue weighted by atomic mass is 16.4. The third kappa shape index (κ3) is 6.55. The van der Waals surface area contributed by atoms with Crippen LogP contribution in [0.2, 0.25) is 0 Å². The molecule has 0 rings (SSSR count). The van der Waals surface area contributed by atoms with Crippen LogP contribution in [-0.2, 0) is 14.4 Å². The Labute approximate surface area is 100 Å². The van der Waals surface area contributed by atoms with Gasteiger partial charge in [-0.05, 0) is 12.8 Å². The second-order valence-electron chi connectivity index (χ2n) is 4.90. The first-order valence-electron chi connectivity index (χ1n) is 5.40. The molecule has 0 saturated carbocycles. The molecule has 0 bridgehead atoms. The molecular weight excluding hydrogens is 226 g/mol. The SMILES string of the molecule is CC(C)(C)C(=O)N[C@H](CCCC(=O)O)C(=O)O. The summed E-state index contributed by atoms with van der Waals surface area (Å²) in [5, 5.41) is 19.7. The first kappa shape index (κ1) is 15.4. The van der Waals surface area contributed by atoms with Crippen LogP contribution >= 0.6 is 0 Å². The number of rotatable bonds is 6. The Balaban J connectivity index is 4.31. The highest BCUT2D eigenvalue weighted by molar-refractivity contribution is 5.86. The normalized spacial score (nSPS) is 12.9. The summed E-state index contributed by atoms with van der Waals surface area (Å²) in [4.78, 5) is 32.8. The smallest absolute Gasteiger partial charge is 0.326 e. The van der Waals surface area contributed by atoms with Crippen molar-refractivity contribution >= 4 is 17.8 Å². The van der Waals surface area contributed by atoms with Crippen molar-refractivity contribution in [2.75, 3.05) is 0 Å². The monoisotopic (exact) mass is 245 g/mol. The Morgan fingerprint density at radius 1 is 1.18 bits per heavy atom. The predicted molar refractivity (Wildman–Crippen MR) is 60.5 cm³/mol. The van der Waals surface area contributed by atoms with E-state index in [1.54, 1.807) is 20.8 Å². The molecular formula is C11H19NO5. The van der Waals surface area contributed by atoms with E-state index in [9.17, 15) is 14.4 Å². The summed E-state index contributed by atoms with van der Waals surface area (Å²) in [5.74, 6) is -2.48. The Bertz CT molecular complexity index is 305. The van der Waals surface area contributed by atoms with Gasteiger partial charge in [0.05, 0.1) is 0 Å². The third-order valence-electron chi connectivity index (χ3n) is 2.17. The van der Waals surface area contributed by atoms with Crippen LogP contribution in [0.3, 0.4) is 0 Å². The number of aliphatic carboxylic acids is 2. The van der Waals surface area contributed by atoms with Gasteiger partial charge in [-0.15, -0.1) is 0 Å². The standard InChI is InChI=1S/C11H19NO5/c1-11(2,3)10(17)12-7(9(15)16)5-4-6-8(13)14/h7H,4-6H2,1-3H3,(H,12,17)(H,13,14)(H,15,16)/t7-/m1/s1. The maximum atomic E-state index is 11.6. The minimum Gasteiger partial charge on any atom is -0.481 e. The molecule has 0 fully saturated rings. The van der Waals surface area contributed by atoms with Crippen LogP contribution in [0.5, 0.6) is 0 Å². The van der Waals surface area contributed by atoms with Crippen LogP contribution < -0.4 is 5.32 Å². The van der Waals surface area contributed by atoms with Gasteiger partial charge in [-0.1, -0.05) is 20.8 Å². The molecule has 0 aliphatic carbocycles. The van der Waals surface area contributed by atoms with E-state index in [1.165, 1.54) is 0 Å². The fraction of sp³-hybridized carbons (Fsp3) is 0.727. The fourth-order valence-corrected chi connectivity index (χ4v) is 1.09. The summed E-state index contributed by atoms with van der Waals surface area (Å²) in [6.45, 7) is 5.04. The van der Waals surface area contributed by atoms with Crippen molar-refractivity contribution in [3.63, 3.8) is 0 Å². The molecule has 0 spiro atoms. The summed E-state index contributed by atoms with van der Waals surface area (Å²) in [7, 11) is 0. The van der Waals surface area contributed by atoms with Crippen LogP contribution in [0.25, 0.3) is 0 Å². The molecule has 98 valence electrons. The molecule has 0 heterocycles. The molecule has 0 aromatic rings. The van der Waals surface area contributed by atoms with Crippen LogP contribution in [-0.4, -0.2) is 34.1 Å². The number of hydrogen-bond donors (Lipinski definition) is 3. The Kier molecular flexibility index (Phi) is 5.64. The highest BCUT2D eigenvalue weighted by Crippen LogP contribution is 2.14. The predicted octanol–water partition coefficient (Wildman–Crippen LogP) is 0.857. The van der Waals surface area contributed by atoms with E-state index in [2.05, 4.69) is 5.32 Å². The maximum absolute atomic E-state index is 11.6. The van der Waals surface area contributed by atoms with Crippen LogP contribution in [0.4, 0.5) is 0 Å². The molecule has 0 aliphatic heterocycles. The van der Waals surface area contributed by atoms with Crippen molar-refractivity contribution in [1.29, 1.82) is 0 Å². The van der Waals surface area contributed by atoms with Crippen LogP contribution in [0.1, 0.15) is 40.0 Å². The fourth-order valence-electron chi connectivity index (χ4n) is 1.09. The molecule has 0 unspecified atom stereocenters. The van der Waals surface area contributed by atoms with E-state index in [0.717, 1.165) is 0 Å². The molecule has 1 atom stereocenters. The average Bonchev–Trinajstić information content (AvgIpc) is 2.13. The summed E-state index contributed by atoms with van der Waals surface area (Å²) in [5.41, 5.74) is -0.666. The molecule has 0 aromatic carbocycles. The van der Waals surface area contributed by atoms with Crippen molar-refractivity contribution in [3.05, 3.63) is 0 Å². The van der Waals surface area contributed by atoms with Gasteiger partial charge in [0.25, 0.3) is 0 Å². The van der Waals surface area contributed by atoms with E-state index >= 15 is 0 Å². The van der Waals surface area contributed by atoms with Crippen molar-refractivity contribution in [2.24, 2.45) is 5.41 Å². The lowest BCUT2D eigenvalue weighted by molar-refractivity contribution is -0.144. The molecule has 6 heteroatoms. The zero-order chi connectivity index (χ0) is 13.6. The number of carbonyl (C=O) groups is 3. The maximum Gasteiger partial charge on any atom is 0.326 e. The van der Waals surface area contributed by atoms with Gasteiger partial charge in [-0.3, -0.25) is 9.59 Å². The molecule has 6 nitrogen and oxygen atoms in total. The molecule has 1 amide bonds. The summed E-state index contributed by atoms with van der Waals surface area (Å²) < 4.78 is 0. The summed E-state index contributed by atoms with van der Waals surface area (Å²) in [6, 6.07) is -1.03. The number of amides is 1. The second kappa shape index (κ2) is 6.22. The molecule has 17 heavy (non-hydrogen) atoms. The van der Waals surface area contributed by atoms with Gasteiger partial charge >= 0.3 is 11.9 Å². The number of nitrogens with one attached hydrogen (secondary N) is 1. The quantitative estimate of drug-likeness (QED) is 0.643. The number of carboxylic acid groups (broad SMARTS) is 2. The van der Waals surface area contributed by atoms with Crippen LogP contribution in [0.15, 0.2) is 0 Å². The van der Waals surface area contributed by atoms with Gasteiger partial charge < -0.3 is 15.5 Å². The lowest BCUT2D eigenvalue weighted by atomic mass is 9.95. The van der Waals surface area contributed by atoms with Gasteiger partial charge in [-0.25, -0.2) is 4.79 Å². The third-order valence-corrected chi connectivity index (χ3v) is 2.17. The zero-order valence-corrected chi connectivity index (χ0v) is 10.3.